The Bertz CT molecular complexity index is 575. The largest absolute Gasteiger partial charge is 0.488 e. The number of ether oxygens (including phenoxy) is 1. The van der Waals surface area contributed by atoms with Crippen LogP contribution in [0.5, 0.6) is 5.75 Å². The first-order valence-corrected chi connectivity index (χ1v) is 6.27. The first-order valence-electron chi connectivity index (χ1n) is 6.27. The minimum atomic E-state index is -1.30. The second-order valence-electron chi connectivity index (χ2n) is 4.64. The Morgan fingerprint density at radius 1 is 1.10 bits per heavy atom. The SMILES string of the molecule is CN1C(=O)C(C(=N)COc2ccccc2)C(=O)N(C)C1=O. The van der Waals surface area contributed by atoms with E-state index in [9.17, 15) is 14.4 Å². The molecule has 0 saturated carbocycles. The van der Waals surface area contributed by atoms with Gasteiger partial charge in [0, 0.05) is 14.1 Å². The first-order chi connectivity index (χ1) is 9.93. The molecule has 1 heterocycles. The molecule has 1 fully saturated rings. The summed E-state index contributed by atoms with van der Waals surface area (Å²) >= 11 is 0. The molecule has 1 aromatic rings. The highest BCUT2D eigenvalue weighted by atomic mass is 16.5. The van der Waals surface area contributed by atoms with E-state index >= 15 is 0 Å². The standard InChI is InChI=1S/C14H15N3O4/c1-16-12(18)11(13(19)17(2)14(16)20)10(15)8-21-9-6-4-3-5-7-9/h3-7,11,15H,8H2,1-2H3. The van der Waals surface area contributed by atoms with Crippen molar-refractivity contribution in [1.82, 2.24) is 9.80 Å². The van der Waals surface area contributed by atoms with Gasteiger partial charge >= 0.3 is 6.03 Å². The van der Waals surface area contributed by atoms with Crippen molar-refractivity contribution < 1.29 is 19.1 Å². The van der Waals surface area contributed by atoms with Gasteiger partial charge in [0.15, 0.2) is 5.92 Å². The van der Waals surface area contributed by atoms with Gasteiger partial charge in [-0.3, -0.25) is 19.4 Å². The number of hydrogen-bond acceptors (Lipinski definition) is 5. The second-order valence-corrected chi connectivity index (χ2v) is 4.64. The lowest BCUT2D eigenvalue weighted by Crippen LogP contribution is -2.59. The molecule has 0 aromatic heterocycles. The number of carbonyl (C=O) groups is 3. The number of benzene rings is 1. The van der Waals surface area contributed by atoms with E-state index < -0.39 is 23.8 Å². The van der Waals surface area contributed by atoms with Crippen LogP contribution in [0.15, 0.2) is 30.3 Å². The van der Waals surface area contributed by atoms with Crippen molar-refractivity contribution in [3.63, 3.8) is 0 Å². The third-order valence-electron chi connectivity index (χ3n) is 3.21. The summed E-state index contributed by atoms with van der Waals surface area (Å²) < 4.78 is 5.36. The van der Waals surface area contributed by atoms with Gasteiger partial charge in [0.05, 0.1) is 5.71 Å². The molecule has 7 heteroatoms. The van der Waals surface area contributed by atoms with Crippen LogP contribution in [0.3, 0.4) is 0 Å². The van der Waals surface area contributed by atoms with Crippen LogP contribution in [0.4, 0.5) is 4.79 Å². The molecular formula is C14H15N3O4. The van der Waals surface area contributed by atoms with E-state index in [2.05, 4.69) is 0 Å². The van der Waals surface area contributed by atoms with Crippen LogP contribution in [0, 0.1) is 11.3 Å². The molecule has 0 aliphatic carbocycles. The Labute approximate surface area is 121 Å². The van der Waals surface area contributed by atoms with Gasteiger partial charge < -0.3 is 10.1 Å². The van der Waals surface area contributed by atoms with Crippen LogP contribution in [-0.2, 0) is 9.59 Å². The third kappa shape index (κ3) is 2.76. The van der Waals surface area contributed by atoms with Gasteiger partial charge in [0.25, 0.3) is 0 Å². The fraction of sp³-hybridized carbons (Fsp3) is 0.286. The highest BCUT2D eigenvalue weighted by Crippen LogP contribution is 2.17. The zero-order valence-corrected chi connectivity index (χ0v) is 11.7. The molecule has 1 aromatic carbocycles. The van der Waals surface area contributed by atoms with Crippen LogP contribution >= 0.6 is 0 Å². The van der Waals surface area contributed by atoms with E-state index in [0.29, 0.717) is 5.75 Å². The highest BCUT2D eigenvalue weighted by molar-refractivity contribution is 6.27. The molecule has 1 saturated heterocycles. The number of nitrogens with zero attached hydrogens (tertiary/aromatic N) is 2. The third-order valence-corrected chi connectivity index (χ3v) is 3.21. The van der Waals surface area contributed by atoms with Crippen molar-refractivity contribution in [1.29, 1.82) is 5.41 Å². The summed E-state index contributed by atoms with van der Waals surface area (Å²) in [5.41, 5.74) is -0.181. The predicted molar refractivity (Wildman–Crippen MR) is 74.1 cm³/mol. The Balaban J connectivity index is 2.09. The maximum Gasteiger partial charge on any atom is 0.332 e. The molecule has 0 radical (unpaired) electrons. The quantitative estimate of drug-likeness (QED) is 0.654. The number of urea groups is 1. The molecule has 4 amide bonds. The van der Waals surface area contributed by atoms with Gasteiger partial charge in [-0.1, -0.05) is 18.2 Å². The Kier molecular flexibility index (Phi) is 4.02. The summed E-state index contributed by atoms with van der Waals surface area (Å²) in [6.45, 7) is -0.192. The summed E-state index contributed by atoms with van der Waals surface area (Å²) in [4.78, 5) is 37.3. The van der Waals surface area contributed by atoms with Gasteiger partial charge in [-0.25, -0.2) is 4.79 Å². The number of carbonyl (C=O) groups excluding carboxylic acids is 3. The normalized spacial score (nSPS) is 16.4. The minimum Gasteiger partial charge on any atom is -0.488 e. The van der Waals surface area contributed by atoms with Crippen LogP contribution in [-0.4, -0.2) is 54.1 Å². The van der Waals surface area contributed by atoms with Crippen LogP contribution in [0.2, 0.25) is 0 Å². The number of barbiturate groups is 1. The predicted octanol–water partition coefficient (Wildman–Crippen LogP) is 0.752. The number of para-hydroxylation sites is 1. The summed E-state index contributed by atoms with van der Waals surface area (Å²) in [5.74, 6) is -2.17. The summed E-state index contributed by atoms with van der Waals surface area (Å²) in [6.07, 6.45) is 0. The van der Waals surface area contributed by atoms with Crippen molar-refractivity contribution >= 4 is 23.6 Å². The van der Waals surface area contributed by atoms with E-state index in [1.54, 1.807) is 24.3 Å². The molecule has 0 spiro atoms. The van der Waals surface area contributed by atoms with Crippen LogP contribution < -0.4 is 4.74 Å². The van der Waals surface area contributed by atoms with Crippen molar-refractivity contribution in [3.05, 3.63) is 30.3 Å². The van der Waals surface area contributed by atoms with E-state index in [-0.39, 0.29) is 12.3 Å². The lowest BCUT2D eigenvalue weighted by atomic mass is 9.98. The van der Waals surface area contributed by atoms with E-state index in [1.165, 1.54) is 14.1 Å². The number of rotatable bonds is 4. The van der Waals surface area contributed by atoms with Crippen molar-refractivity contribution in [2.45, 2.75) is 0 Å². The van der Waals surface area contributed by atoms with Gasteiger partial charge in [-0.2, -0.15) is 0 Å². The average molecular weight is 289 g/mol. The first kappa shape index (κ1) is 14.7. The van der Waals surface area contributed by atoms with Crippen molar-refractivity contribution in [3.8, 4) is 5.75 Å². The number of amides is 4. The molecule has 7 nitrogen and oxygen atoms in total. The molecule has 0 unspecified atom stereocenters. The Morgan fingerprint density at radius 2 is 1.62 bits per heavy atom. The van der Waals surface area contributed by atoms with E-state index in [4.69, 9.17) is 10.1 Å². The average Bonchev–Trinajstić information content (AvgIpc) is 2.50. The molecule has 0 bridgehead atoms. The Morgan fingerprint density at radius 3 is 2.14 bits per heavy atom. The molecule has 1 N–H and O–H groups in total. The topological polar surface area (TPSA) is 90.8 Å². The summed E-state index contributed by atoms with van der Waals surface area (Å²) in [7, 11) is 2.57. The van der Waals surface area contributed by atoms with Gasteiger partial charge in [-0.05, 0) is 12.1 Å². The van der Waals surface area contributed by atoms with E-state index in [0.717, 1.165) is 9.80 Å². The monoisotopic (exact) mass is 289 g/mol. The van der Waals surface area contributed by atoms with Gasteiger partial charge in [0.1, 0.15) is 12.4 Å². The maximum atomic E-state index is 12.0. The molecule has 2 rings (SSSR count). The second kappa shape index (κ2) is 5.74. The smallest absolute Gasteiger partial charge is 0.332 e. The fourth-order valence-corrected chi connectivity index (χ4v) is 1.97. The van der Waals surface area contributed by atoms with Crippen LogP contribution in [0.25, 0.3) is 0 Å². The molecule has 21 heavy (non-hydrogen) atoms. The number of imide groups is 2. The number of nitrogens with one attached hydrogen (secondary N) is 1. The highest BCUT2D eigenvalue weighted by Gasteiger charge is 2.44. The number of hydrogen-bond donors (Lipinski definition) is 1. The minimum absolute atomic E-state index is 0.181. The molecule has 1 aliphatic rings. The fourth-order valence-electron chi connectivity index (χ4n) is 1.97. The maximum absolute atomic E-state index is 12.0. The van der Waals surface area contributed by atoms with Crippen molar-refractivity contribution in [2.24, 2.45) is 5.92 Å². The van der Waals surface area contributed by atoms with E-state index in [1.807, 2.05) is 6.07 Å². The molecule has 0 atom stereocenters. The zero-order valence-electron chi connectivity index (χ0n) is 11.7. The summed E-state index contributed by atoms with van der Waals surface area (Å²) in [5, 5.41) is 7.91. The lowest BCUT2D eigenvalue weighted by Gasteiger charge is -2.32. The van der Waals surface area contributed by atoms with Crippen LogP contribution in [0.1, 0.15) is 0 Å². The van der Waals surface area contributed by atoms with Gasteiger partial charge in [0.2, 0.25) is 11.8 Å². The van der Waals surface area contributed by atoms with Crippen molar-refractivity contribution in [2.75, 3.05) is 20.7 Å². The summed E-state index contributed by atoms with van der Waals surface area (Å²) in [6, 6.07) is 8.09. The molecular weight excluding hydrogens is 274 g/mol. The molecule has 1 aliphatic heterocycles. The zero-order chi connectivity index (χ0) is 15.6. The van der Waals surface area contributed by atoms with Gasteiger partial charge in [-0.15, -0.1) is 0 Å². The Hall–Kier alpha value is -2.70. The molecule has 110 valence electrons. The lowest BCUT2D eigenvalue weighted by molar-refractivity contribution is -0.144.